The van der Waals surface area contributed by atoms with E-state index in [1.807, 2.05) is 0 Å². The van der Waals surface area contributed by atoms with Crippen molar-refractivity contribution in [2.45, 2.75) is 128 Å². The second-order valence-corrected chi connectivity index (χ2v) is 12.0. The summed E-state index contributed by atoms with van der Waals surface area (Å²) in [5.41, 5.74) is 0. The fraction of sp³-hybridized carbons (Fsp3) is 0.889. The molecule has 0 radical (unpaired) electrons. The standard InChI is InChI=1S/C24H46N2O5S.C2H6S2.CH4S/c27-22(25-20-16-15-17-21(26-32)24(30)31)18-13-11-9-7-5-3-1-2-4-6-8-10-12-14-19-23(28)29;1-3-4-2;1-2/h21,26,32H,1-20H2,(H,25,27)(H,28,29)(H,30,31);1-2H3;2H,1H3. The third kappa shape index (κ3) is 37.9. The average Bonchev–Trinajstić information content (AvgIpc) is 2.91. The minimum Gasteiger partial charge on any atom is -0.481 e. The Labute approximate surface area is 252 Å². The van der Waals surface area contributed by atoms with Gasteiger partial charge in [-0.2, -0.15) is 12.6 Å². The van der Waals surface area contributed by atoms with E-state index >= 15 is 0 Å². The number of unbranched alkanes of at least 4 members (excludes halogenated alkanes) is 14. The molecule has 38 heavy (non-hydrogen) atoms. The van der Waals surface area contributed by atoms with Gasteiger partial charge in [0.25, 0.3) is 0 Å². The fourth-order valence-electron chi connectivity index (χ4n) is 3.72. The molecule has 0 aromatic carbocycles. The lowest BCUT2D eigenvalue weighted by Crippen LogP contribution is -2.31. The molecule has 7 nitrogen and oxygen atoms in total. The summed E-state index contributed by atoms with van der Waals surface area (Å²) in [6, 6.07) is -0.637. The lowest BCUT2D eigenvalue weighted by Gasteiger charge is -2.10. The minimum absolute atomic E-state index is 0.0917. The lowest BCUT2D eigenvalue weighted by molar-refractivity contribution is -0.139. The molecule has 11 heteroatoms. The molecule has 0 aliphatic carbocycles. The van der Waals surface area contributed by atoms with Crippen LogP contribution in [0.3, 0.4) is 0 Å². The van der Waals surface area contributed by atoms with Crippen LogP contribution in [0.5, 0.6) is 0 Å². The van der Waals surface area contributed by atoms with E-state index in [-0.39, 0.29) is 5.91 Å². The molecule has 0 aliphatic heterocycles. The Balaban J connectivity index is -0.00000185. The molecule has 0 heterocycles. The molecule has 1 unspecified atom stereocenters. The maximum Gasteiger partial charge on any atom is 0.321 e. The number of carboxylic acid groups (broad SMARTS) is 2. The Morgan fingerprint density at radius 1 is 0.658 bits per heavy atom. The van der Waals surface area contributed by atoms with Crippen molar-refractivity contribution in [2.75, 3.05) is 25.3 Å². The number of hydrogen-bond donors (Lipinski definition) is 6. The van der Waals surface area contributed by atoms with Crippen molar-refractivity contribution in [3.63, 3.8) is 0 Å². The summed E-state index contributed by atoms with van der Waals surface area (Å²) in [5, 5.41) is 20.4. The van der Waals surface area contributed by atoms with Gasteiger partial charge >= 0.3 is 11.9 Å². The Bertz CT molecular complexity index is 530. The van der Waals surface area contributed by atoms with Crippen LogP contribution in [0.15, 0.2) is 0 Å². The number of carbonyl (C=O) groups is 3. The summed E-state index contributed by atoms with van der Waals surface area (Å²) in [5.74, 6) is -1.49. The SMILES string of the molecule is CS.CSSC.O=C(O)CCCCCCCCCCCCCCCCC(=O)NCCCCC(NS)C(=O)O. The maximum atomic E-state index is 11.8. The molecule has 0 saturated carbocycles. The Morgan fingerprint density at radius 2 is 1.05 bits per heavy atom. The van der Waals surface area contributed by atoms with Crippen LogP contribution in [-0.2, 0) is 14.4 Å². The van der Waals surface area contributed by atoms with Crippen molar-refractivity contribution < 1.29 is 24.6 Å². The van der Waals surface area contributed by atoms with E-state index in [0.717, 1.165) is 44.9 Å². The molecule has 1 atom stereocenters. The Kier molecular flexibility index (Phi) is 40.9. The van der Waals surface area contributed by atoms with Crippen LogP contribution in [0.4, 0.5) is 0 Å². The largest absolute Gasteiger partial charge is 0.481 e. The van der Waals surface area contributed by atoms with Gasteiger partial charge in [0.2, 0.25) is 5.91 Å². The van der Waals surface area contributed by atoms with Crippen molar-refractivity contribution in [3.8, 4) is 0 Å². The highest BCUT2D eigenvalue weighted by Crippen LogP contribution is 2.14. The van der Waals surface area contributed by atoms with Gasteiger partial charge < -0.3 is 15.5 Å². The van der Waals surface area contributed by atoms with Crippen molar-refractivity contribution >= 4 is 64.9 Å². The van der Waals surface area contributed by atoms with E-state index in [1.54, 1.807) is 27.8 Å². The zero-order valence-corrected chi connectivity index (χ0v) is 27.5. The molecule has 4 N–H and O–H groups in total. The predicted octanol–water partition coefficient (Wildman–Crippen LogP) is 7.66. The number of amides is 1. The van der Waals surface area contributed by atoms with E-state index in [1.165, 1.54) is 57.8 Å². The molecule has 0 aliphatic rings. The predicted molar refractivity (Wildman–Crippen MR) is 174 cm³/mol. The molecule has 0 aromatic heterocycles. The Morgan fingerprint density at radius 3 is 1.39 bits per heavy atom. The number of aliphatic carboxylic acids is 2. The number of nitrogens with one attached hydrogen (secondary N) is 2. The number of carbonyl (C=O) groups excluding carboxylic acids is 1. The molecule has 1 amide bonds. The average molecular weight is 617 g/mol. The second-order valence-electron chi connectivity index (χ2n) is 9.04. The number of rotatable bonds is 25. The van der Waals surface area contributed by atoms with Gasteiger partial charge in [0, 0.05) is 19.4 Å². The molecule has 0 bridgehead atoms. The van der Waals surface area contributed by atoms with Crippen LogP contribution in [0.2, 0.25) is 0 Å². The summed E-state index contributed by atoms with van der Waals surface area (Å²) >= 11 is 7.33. The van der Waals surface area contributed by atoms with Crippen LogP contribution in [-0.4, -0.2) is 59.4 Å². The zero-order chi connectivity index (χ0) is 29.3. The third-order valence-corrected chi connectivity index (χ3v) is 7.55. The smallest absolute Gasteiger partial charge is 0.321 e. The van der Waals surface area contributed by atoms with Gasteiger partial charge in [-0.25, -0.2) is 0 Å². The molecule has 0 fully saturated rings. The summed E-state index contributed by atoms with van der Waals surface area (Å²) in [4.78, 5) is 33.1. The first-order valence-corrected chi connectivity index (χ1v) is 18.3. The van der Waals surface area contributed by atoms with Gasteiger partial charge in [-0.05, 0) is 50.9 Å². The van der Waals surface area contributed by atoms with Crippen LogP contribution in [0.25, 0.3) is 0 Å². The summed E-state index contributed by atoms with van der Waals surface area (Å²) in [6.07, 6.45) is 25.2. The summed E-state index contributed by atoms with van der Waals surface area (Å²) in [6.45, 7) is 0.600. The highest BCUT2D eigenvalue weighted by molar-refractivity contribution is 8.76. The lowest BCUT2D eigenvalue weighted by atomic mass is 10.0. The van der Waals surface area contributed by atoms with E-state index in [4.69, 9.17) is 10.2 Å². The first-order valence-electron chi connectivity index (χ1n) is 14.0. The third-order valence-electron chi connectivity index (χ3n) is 5.91. The molecule has 228 valence electrons. The second kappa shape index (κ2) is 36.8. The van der Waals surface area contributed by atoms with Crippen LogP contribution in [0.1, 0.15) is 122 Å². The van der Waals surface area contributed by atoms with Gasteiger partial charge in [-0.3, -0.25) is 19.1 Å². The van der Waals surface area contributed by atoms with Gasteiger partial charge in [0.15, 0.2) is 0 Å². The van der Waals surface area contributed by atoms with Gasteiger partial charge in [0.05, 0.1) is 0 Å². The van der Waals surface area contributed by atoms with Crippen molar-refractivity contribution in [3.05, 3.63) is 0 Å². The highest BCUT2D eigenvalue weighted by Gasteiger charge is 2.14. The molecule has 0 saturated heterocycles. The van der Waals surface area contributed by atoms with Crippen molar-refractivity contribution in [2.24, 2.45) is 0 Å². The first kappa shape index (κ1) is 42.2. The maximum absolute atomic E-state index is 11.8. The summed E-state index contributed by atoms with van der Waals surface area (Å²) < 4.78 is 2.47. The van der Waals surface area contributed by atoms with Crippen LogP contribution < -0.4 is 10.0 Å². The molecular weight excluding hydrogens is 561 g/mol. The number of thiol groups is 2. The quantitative estimate of drug-likeness (QED) is 0.0352. The summed E-state index contributed by atoms with van der Waals surface area (Å²) in [7, 11) is 3.55. The number of carboxylic acids is 2. The first-order chi connectivity index (χ1) is 18.4. The minimum atomic E-state index is -0.901. The number of hydrogen-bond acceptors (Lipinski definition) is 8. The van der Waals surface area contributed by atoms with E-state index in [0.29, 0.717) is 25.8 Å². The van der Waals surface area contributed by atoms with E-state index in [2.05, 4.69) is 48.0 Å². The van der Waals surface area contributed by atoms with Crippen molar-refractivity contribution in [1.29, 1.82) is 0 Å². The van der Waals surface area contributed by atoms with E-state index in [9.17, 15) is 14.4 Å². The van der Waals surface area contributed by atoms with Gasteiger partial charge in [-0.1, -0.05) is 111 Å². The molecular formula is C27H56N2O5S4. The van der Waals surface area contributed by atoms with Crippen LogP contribution >= 0.6 is 47.0 Å². The molecule has 0 rings (SSSR count). The zero-order valence-electron chi connectivity index (χ0n) is 24.0. The fourth-order valence-corrected chi connectivity index (χ4v) is 3.96. The topological polar surface area (TPSA) is 116 Å². The van der Waals surface area contributed by atoms with Gasteiger partial charge in [-0.15, -0.1) is 0 Å². The Hall–Kier alpha value is -0.230. The van der Waals surface area contributed by atoms with Crippen molar-refractivity contribution in [1.82, 2.24) is 10.0 Å². The highest BCUT2D eigenvalue weighted by atomic mass is 33.1. The normalized spacial score (nSPS) is 11.0. The molecule has 0 aromatic rings. The monoisotopic (exact) mass is 616 g/mol. The van der Waals surface area contributed by atoms with Gasteiger partial charge in [0.1, 0.15) is 6.04 Å². The van der Waals surface area contributed by atoms with Crippen LogP contribution in [0, 0.1) is 0 Å². The van der Waals surface area contributed by atoms with E-state index < -0.39 is 18.0 Å². The molecule has 0 spiro atoms.